The summed E-state index contributed by atoms with van der Waals surface area (Å²) in [6.07, 6.45) is -0.0477. The van der Waals surface area contributed by atoms with E-state index >= 15 is 0 Å². The molecule has 4 unspecified atom stereocenters. The highest BCUT2D eigenvalue weighted by Gasteiger charge is 2.38. The molecule has 8 nitrogen and oxygen atoms in total. The summed E-state index contributed by atoms with van der Waals surface area (Å²) in [5, 5.41) is 0. The molecule has 8 heteroatoms. The summed E-state index contributed by atoms with van der Waals surface area (Å²) in [7, 11) is 0. The van der Waals surface area contributed by atoms with Crippen molar-refractivity contribution >= 4 is 0 Å². The Kier molecular flexibility index (Phi) is 15.4. The van der Waals surface area contributed by atoms with Crippen molar-refractivity contribution in [1.82, 2.24) is 0 Å². The molecule has 0 saturated carbocycles. The van der Waals surface area contributed by atoms with Gasteiger partial charge in [-0.25, -0.2) is 9.78 Å². The van der Waals surface area contributed by atoms with Crippen LogP contribution in [0.5, 0.6) is 0 Å². The Balaban J connectivity index is 5.02. The largest absolute Gasteiger partial charge is 0.350 e. The lowest BCUT2D eigenvalue weighted by atomic mass is 10.0. The van der Waals surface area contributed by atoms with Crippen LogP contribution in [0, 0.1) is 23.7 Å². The molecule has 0 N–H and O–H groups in total. The molecule has 0 aromatic heterocycles. The van der Waals surface area contributed by atoms with Gasteiger partial charge in [0.05, 0.1) is 13.2 Å². The van der Waals surface area contributed by atoms with Gasteiger partial charge >= 0.3 is 0 Å². The van der Waals surface area contributed by atoms with Crippen LogP contribution in [-0.4, -0.2) is 37.4 Å². The normalized spacial score (nSPS) is 18.4. The molecule has 0 amide bonds. The zero-order valence-corrected chi connectivity index (χ0v) is 22.6. The molecular formula is C24H50O8. The van der Waals surface area contributed by atoms with Crippen LogP contribution in [0.4, 0.5) is 0 Å². The van der Waals surface area contributed by atoms with E-state index < -0.39 is 24.2 Å². The molecule has 0 fully saturated rings. The second-order valence-electron chi connectivity index (χ2n) is 10.6. The Hall–Kier alpha value is -0.320. The molecule has 194 valence electrons. The average molecular weight is 467 g/mol. The Morgan fingerprint density at radius 3 is 1.03 bits per heavy atom. The zero-order chi connectivity index (χ0) is 24.9. The van der Waals surface area contributed by atoms with Gasteiger partial charge in [0, 0.05) is 12.8 Å². The first-order chi connectivity index (χ1) is 14.7. The molecule has 32 heavy (non-hydrogen) atoms. The molecule has 0 heterocycles. The van der Waals surface area contributed by atoms with E-state index in [1.165, 1.54) is 0 Å². The molecular weight excluding hydrogens is 416 g/mol. The third-order valence-corrected chi connectivity index (χ3v) is 4.00. The van der Waals surface area contributed by atoms with E-state index in [1.54, 1.807) is 27.7 Å². The van der Waals surface area contributed by atoms with Gasteiger partial charge in [-0.05, 0) is 51.4 Å². The van der Waals surface area contributed by atoms with E-state index in [2.05, 4.69) is 55.4 Å². The van der Waals surface area contributed by atoms with E-state index in [0.717, 1.165) is 0 Å². The van der Waals surface area contributed by atoms with Crippen LogP contribution in [0.2, 0.25) is 0 Å². The quantitative estimate of drug-likeness (QED) is 0.123. The van der Waals surface area contributed by atoms with Gasteiger partial charge in [-0.3, -0.25) is 0 Å². The van der Waals surface area contributed by atoms with E-state index in [9.17, 15) is 0 Å². The van der Waals surface area contributed by atoms with Gasteiger partial charge in [0.25, 0.3) is 0 Å². The Morgan fingerprint density at radius 2 is 0.781 bits per heavy atom. The second kappa shape index (κ2) is 15.6. The predicted octanol–water partition coefficient (Wildman–Crippen LogP) is 6.39. The molecule has 0 bridgehead atoms. The standard InChI is InChI=1S/C24H50O8/c1-17(2)13-23(11,29-27-21(9)25-15-19(5)6)31-32-24(12,14-18(3)4)30-28-22(10)26-16-20(7)8/h17-22H,13-16H2,1-12H3. The molecule has 0 aliphatic rings. The van der Waals surface area contributed by atoms with Crippen molar-refractivity contribution in [1.29, 1.82) is 0 Å². The minimum atomic E-state index is -1.18. The summed E-state index contributed by atoms with van der Waals surface area (Å²) in [5.74, 6) is -1.04. The number of ether oxygens (including phenoxy) is 2. The lowest BCUT2D eigenvalue weighted by molar-refractivity contribution is -0.592. The fourth-order valence-electron chi connectivity index (χ4n) is 2.87. The molecule has 0 aromatic rings. The van der Waals surface area contributed by atoms with E-state index in [4.69, 9.17) is 38.8 Å². The fraction of sp³-hybridized carbons (Fsp3) is 1.00. The number of hydrogen-bond acceptors (Lipinski definition) is 8. The highest BCUT2D eigenvalue weighted by atomic mass is 17.4. The minimum Gasteiger partial charge on any atom is -0.350 e. The highest BCUT2D eigenvalue weighted by Crippen LogP contribution is 2.30. The van der Waals surface area contributed by atoms with Crippen molar-refractivity contribution < 1.29 is 38.8 Å². The second-order valence-corrected chi connectivity index (χ2v) is 10.6. The van der Waals surface area contributed by atoms with Crippen LogP contribution in [0.3, 0.4) is 0 Å². The third kappa shape index (κ3) is 16.3. The van der Waals surface area contributed by atoms with Gasteiger partial charge in [-0.1, -0.05) is 55.4 Å². The average Bonchev–Trinajstić information content (AvgIpc) is 2.65. The Bertz CT molecular complexity index is 429. The maximum Gasteiger partial charge on any atom is 0.231 e. The van der Waals surface area contributed by atoms with Gasteiger partial charge in [0.15, 0.2) is 12.6 Å². The van der Waals surface area contributed by atoms with Crippen LogP contribution in [-0.2, 0) is 38.8 Å². The maximum absolute atomic E-state index is 5.76. The summed E-state index contributed by atoms with van der Waals surface area (Å²) >= 11 is 0. The smallest absolute Gasteiger partial charge is 0.231 e. The first-order valence-corrected chi connectivity index (χ1v) is 12.0. The van der Waals surface area contributed by atoms with E-state index in [-0.39, 0.29) is 11.8 Å². The van der Waals surface area contributed by atoms with Crippen molar-refractivity contribution in [2.45, 2.75) is 120 Å². The lowest BCUT2D eigenvalue weighted by Gasteiger charge is -2.35. The Labute approximate surface area is 196 Å². The fourth-order valence-corrected chi connectivity index (χ4v) is 2.87. The Morgan fingerprint density at radius 1 is 0.469 bits per heavy atom. The monoisotopic (exact) mass is 466 g/mol. The van der Waals surface area contributed by atoms with Crippen LogP contribution >= 0.6 is 0 Å². The summed E-state index contributed by atoms with van der Waals surface area (Å²) in [5.41, 5.74) is 0. The molecule has 0 radical (unpaired) electrons. The summed E-state index contributed by atoms with van der Waals surface area (Å²) in [6.45, 7) is 24.7. The lowest BCUT2D eigenvalue weighted by Crippen LogP contribution is -2.42. The molecule has 0 aliphatic heterocycles. The summed E-state index contributed by atoms with van der Waals surface area (Å²) < 4.78 is 11.2. The van der Waals surface area contributed by atoms with Crippen LogP contribution in [0.15, 0.2) is 0 Å². The summed E-state index contributed by atoms with van der Waals surface area (Å²) in [6, 6.07) is 0. The third-order valence-electron chi connectivity index (χ3n) is 4.00. The van der Waals surface area contributed by atoms with E-state index in [0.29, 0.717) is 37.9 Å². The van der Waals surface area contributed by atoms with Crippen LogP contribution < -0.4 is 0 Å². The number of hydrogen-bond donors (Lipinski definition) is 0. The van der Waals surface area contributed by atoms with Gasteiger partial charge in [-0.2, -0.15) is 19.6 Å². The maximum atomic E-state index is 5.76. The molecule has 0 aromatic carbocycles. The molecule has 4 atom stereocenters. The van der Waals surface area contributed by atoms with Gasteiger partial charge in [0.2, 0.25) is 11.6 Å². The van der Waals surface area contributed by atoms with Crippen molar-refractivity contribution in [2.24, 2.45) is 23.7 Å². The van der Waals surface area contributed by atoms with Crippen LogP contribution in [0.1, 0.15) is 95.9 Å². The SMILES string of the molecule is CC(C)COC(C)OOC(C)(CC(C)C)OOC(C)(CC(C)C)OOC(C)OCC(C)C. The molecule has 0 aliphatic carbocycles. The van der Waals surface area contributed by atoms with Gasteiger partial charge < -0.3 is 9.47 Å². The summed E-state index contributed by atoms with van der Waals surface area (Å²) in [4.78, 5) is 33.7. The number of rotatable bonds is 19. The molecule has 0 rings (SSSR count). The minimum absolute atomic E-state index is 0.261. The highest BCUT2D eigenvalue weighted by molar-refractivity contribution is 4.66. The molecule has 0 spiro atoms. The van der Waals surface area contributed by atoms with Crippen molar-refractivity contribution in [2.75, 3.05) is 13.2 Å². The van der Waals surface area contributed by atoms with Crippen molar-refractivity contribution in [3.05, 3.63) is 0 Å². The van der Waals surface area contributed by atoms with E-state index in [1.807, 2.05) is 0 Å². The molecule has 0 saturated heterocycles. The van der Waals surface area contributed by atoms with Gasteiger partial charge in [-0.15, -0.1) is 0 Å². The van der Waals surface area contributed by atoms with Crippen molar-refractivity contribution in [3.8, 4) is 0 Å². The van der Waals surface area contributed by atoms with Crippen molar-refractivity contribution in [3.63, 3.8) is 0 Å². The van der Waals surface area contributed by atoms with Gasteiger partial charge in [0.1, 0.15) is 0 Å². The van der Waals surface area contributed by atoms with Crippen LogP contribution in [0.25, 0.3) is 0 Å². The predicted molar refractivity (Wildman–Crippen MR) is 123 cm³/mol. The topological polar surface area (TPSA) is 73.8 Å². The first-order valence-electron chi connectivity index (χ1n) is 12.0. The first kappa shape index (κ1) is 31.7. The zero-order valence-electron chi connectivity index (χ0n) is 22.6.